The van der Waals surface area contributed by atoms with Gasteiger partial charge < -0.3 is 20.2 Å². The molecule has 0 heterocycles. The Morgan fingerprint density at radius 3 is 2.15 bits per heavy atom. The molecule has 0 aromatic rings. The van der Waals surface area contributed by atoms with Gasteiger partial charge in [0.25, 0.3) is 0 Å². The summed E-state index contributed by atoms with van der Waals surface area (Å²) in [6.45, 7) is 12.2. The number of nitrogens with zero attached hydrogens (tertiary/aromatic N) is 2. The minimum absolute atomic E-state index is 0.0528. The third-order valence-electron chi connectivity index (χ3n) is 3.32. The molecule has 6 nitrogen and oxygen atoms in total. The fourth-order valence-corrected chi connectivity index (χ4v) is 2.04. The van der Waals surface area contributed by atoms with Gasteiger partial charge in [-0.25, -0.2) is 4.79 Å². The van der Waals surface area contributed by atoms with Crippen molar-refractivity contribution in [3.63, 3.8) is 0 Å². The molecule has 1 unspecified atom stereocenters. The summed E-state index contributed by atoms with van der Waals surface area (Å²) in [5.41, 5.74) is 0. The second-order valence-corrected chi connectivity index (χ2v) is 4.91. The number of urea groups is 1. The summed E-state index contributed by atoms with van der Waals surface area (Å²) in [6.07, 6.45) is 0.874. The summed E-state index contributed by atoms with van der Waals surface area (Å²) >= 11 is 0. The number of carboxylic acid groups (broad SMARTS) is 1. The third-order valence-corrected chi connectivity index (χ3v) is 3.32. The zero-order chi connectivity index (χ0) is 15.5. The fourth-order valence-electron chi connectivity index (χ4n) is 2.04. The summed E-state index contributed by atoms with van der Waals surface area (Å²) in [7, 11) is 0. The van der Waals surface area contributed by atoms with E-state index in [0.29, 0.717) is 13.1 Å². The van der Waals surface area contributed by atoms with E-state index in [1.165, 1.54) is 0 Å². The van der Waals surface area contributed by atoms with Gasteiger partial charge in [-0.15, -0.1) is 0 Å². The van der Waals surface area contributed by atoms with Crippen LogP contribution in [0.4, 0.5) is 4.79 Å². The molecule has 2 amide bonds. The van der Waals surface area contributed by atoms with Gasteiger partial charge in [0.05, 0.1) is 6.42 Å². The Morgan fingerprint density at radius 1 is 1.10 bits per heavy atom. The normalized spacial score (nSPS) is 12.2. The lowest BCUT2D eigenvalue weighted by Crippen LogP contribution is -2.45. The van der Waals surface area contributed by atoms with Crippen molar-refractivity contribution in [2.75, 3.05) is 32.7 Å². The van der Waals surface area contributed by atoms with Crippen molar-refractivity contribution in [1.29, 1.82) is 0 Å². The first-order valence-corrected chi connectivity index (χ1v) is 7.44. The highest BCUT2D eigenvalue weighted by Gasteiger charge is 2.15. The van der Waals surface area contributed by atoms with E-state index in [0.717, 1.165) is 26.1 Å². The zero-order valence-corrected chi connectivity index (χ0v) is 13.2. The van der Waals surface area contributed by atoms with Crippen LogP contribution in [-0.4, -0.2) is 65.7 Å². The van der Waals surface area contributed by atoms with Crippen LogP contribution < -0.4 is 5.32 Å². The van der Waals surface area contributed by atoms with Gasteiger partial charge in [-0.3, -0.25) is 4.79 Å². The maximum Gasteiger partial charge on any atom is 0.317 e. The van der Waals surface area contributed by atoms with Crippen LogP contribution in [0.2, 0.25) is 0 Å². The van der Waals surface area contributed by atoms with Crippen LogP contribution in [-0.2, 0) is 4.79 Å². The maximum absolute atomic E-state index is 12.0. The number of carbonyl (C=O) groups excluding carboxylic acids is 1. The highest BCUT2D eigenvalue weighted by atomic mass is 16.4. The van der Waals surface area contributed by atoms with Crippen LogP contribution in [0.3, 0.4) is 0 Å². The van der Waals surface area contributed by atoms with Gasteiger partial charge in [0.15, 0.2) is 0 Å². The molecule has 20 heavy (non-hydrogen) atoms. The molecule has 0 radical (unpaired) electrons. The van der Waals surface area contributed by atoms with Crippen molar-refractivity contribution in [3.05, 3.63) is 0 Å². The maximum atomic E-state index is 12.0. The lowest BCUT2D eigenvalue weighted by atomic mass is 10.2. The van der Waals surface area contributed by atoms with E-state index in [-0.39, 0.29) is 18.5 Å². The molecule has 0 aliphatic heterocycles. The molecule has 0 fully saturated rings. The van der Waals surface area contributed by atoms with Crippen LogP contribution in [0.25, 0.3) is 0 Å². The number of rotatable bonds is 10. The predicted octanol–water partition coefficient (Wildman–Crippen LogP) is 1.61. The van der Waals surface area contributed by atoms with Gasteiger partial charge in [-0.05, 0) is 39.9 Å². The Labute approximate surface area is 122 Å². The largest absolute Gasteiger partial charge is 0.481 e. The first-order chi connectivity index (χ1) is 9.44. The Balaban J connectivity index is 4.11. The van der Waals surface area contributed by atoms with Crippen molar-refractivity contribution in [2.45, 2.75) is 46.6 Å². The van der Waals surface area contributed by atoms with Crippen LogP contribution in [0.5, 0.6) is 0 Å². The smallest absolute Gasteiger partial charge is 0.317 e. The minimum Gasteiger partial charge on any atom is -0.481 e. The first-order valence-electron chi connectivity index (χ1n) is 7.44. The number of nitrogens with one attached hydrogen (secondary N) is 1. The van der Waals surface area contributed by atoms with Crippen LogP contribution in [0.1, 0.15) is 40.5 Å². The molecule has 0 aromatic heterocycles. The van der Waals surface area contributed by atoms with Gasteiger partial charge in [0.2, 0.25) is 0 Å². The molecule has 2 N–H and O–H groups in total. The van der Waals surface area contributed by atoms with E-state index < -0.39 is 5.97 Å². The van der Waals surface area contributed by atoms with E-state index in [4.69, 9.17) is 5.11 Å². The summed E-state index contributed by atoms with van der Waals surface area (Å²) in [6, 6.07) is -0.530. The van der Waals surface area contributed by atoms with Gasteiger partial charge in [-0.2, -0.15) is 0 Å². The zero-order valence-electron chi connectivity index (χ0n) is 13.2. The average molecular weight is 287 g/mol. The lowest BCUT2D eigenvalue weighted by molar-refractivity contribution is -0.137. The number of aliphatic carboxylic acids is 1. The van der Waals surface area contributed by atoms with Gasteiger partial charge >= 0.3 is 12.0 Å². The molecule has 0 saturated heterocycles. The topological polar surface area (TPSA) is 72.9 Å². The number of carboxylic acids is 1. The molecule has 0 aliphatic rings. The average Bonchev–Trinajstić information content (AvgIpc) is 2.37. The molecule has 0 rings (SSSR count). The monoisotopic (exact) mass is 287 g/mol. The summed E-state index contributed by atoms with van der Waals surface area (Å²) in [5, 5.41) is 11.4. The van der Waals surface area contributed by atoms with E-state index in [2.05, 4.69) is 24.1 Å². The van der Waals surface area contributed by atoms with E-state index in [9.17, 15) is 9.59 Å². The molecule has 0 aromatic carbocycles. The van der Waals surface area contributed by atoms with Gasteiger partial charge in [-0.1, -0.05) is 13.8 Å². The third kappa shape index (κ3) is 7.99. The number of hydrogen-bond donors (Lipinski definition) is 2. The lowest BCUT2D eigenvalue weighted by Gasteiger charge is -2.25. The van der Waals surface area contributed by atoms with Crippen molar-refractivity contribution in [3.8, 4) is 0 Å². The highest BCUT2D eigenvalue weighted by molar-refractivity contribution is 5.75. The Bertz CT molecular complexity index is 293. The Morgan fingerprint density at radius 2 is 1.70 bits per heavy atom. The number of amides is 2. The quantitative estimate of drug-likeness (QED) is 0.640. The molecule has 0 saturated carbocycles. The predicted molar refractivity (Wildman–Crippen MR) is 79.9 cm³/mol. The summed E-state index contributed by atoms with van der Waals surface area (Å²) < 4.78 is 0. The van der Waals surface area contributed by atoms with Crippen molar-refractivity contribution in [1.82, 2.24) is 15.1 Å². The first kappa shape index (κ1) is 18.7. The molecule has 0 bridgehead atoms. The molecule has 0 aliphatic carbocycles. The summed E-state index contributed by atoms with van der Waals surface area (Å²) in [5.74, 6) is -0.901. The molecular weight excluding hydrogens is 258 g/mol. The minimum atomic E-state index is -0.901. The molecular formula is C14H29N3O3. The molecule has 118 valence electrons. The molecule has 1 atom stereocenters. The van der Waals surface area contributed by atoms with Crippen molar-refractivity contribution >= 4 is 12.0 Å². The Hall–Kier alpha value is -1.30. The van der Waals surface area contributed by atoms with Crippen molar-refractivity contribution in [2.24, 2.45) is 0 Å². The van der Waals surface area contributed by atoms with Crippen LogP contribution in [0.15, 0.2) is 0 Å². The number of hydrogen-bond acceptors (Lipinski definition) is 3. The standard InChI is InChI=1S/C14H29N3O3/c1-5-16(6-2)9-8-10-17(7-3)14(20)15-12(4)11-13(18)19/h12H,5-11H2,1-4H3,(H,15,20)(H,18,19). The van der Waals surface area contributed by atoms with Crippen LogP contribution >= 0.6 is 0 Å². The highest BCUT2D eigenvalue weighted by Crippen LogP contribution is 1.98. The van der Waals surface area contributed by atoms with E-state index in [1.807, 2.05) is 6.92 Å². The Kier molecular flexibility index (Phi) is 9.80. The molecule has 0 spiro atoms. The number of carbonyl (C=O) groups is 2. The van der Waals surface area contributed by atoms with Gasteiger partial charge in [0.1, 0.15) is 0 Å². The SMILES string of the molecule is CCN(CC)CCCN(CC)C(=O)NC(C)CC(=O)O. The molecule has 6 heteroatoms. The second kappa shape index (κ2) is 10.5. The summed E-state index contributed by atoms with van der Waals surface area (Å²) in [4.78, 5) is 26.6. The van der Waals surface area contributed by atoms with Gasteiger partial charge in [0, 0.05) is 19.1 Å². The fraction of sp³-hybridized carbons (Fsp3) is 0.857. The second-order valence-electron chi connectivity index (χ2n) is 4.91. The van der Waals surface area contributed by atoms with E-state index in [1.54, 1.807) is 11.8 Å². The van der Waals surface area contributed by atoms with Crippen molar-refractivity contribution < 1.29 is 14.7 Å². The van der Waals surface area contributed by atoms with E-state index >= 15 is 0 Å². The van der Waals surface area contributed by atoms with Crippen LogP contribution in [0, 0.1) is 0 Å².